The van der Waals surface area contributed by atoms with Gasteiger partial charge in [-0.3, -0.25) is 10.3 Å². The van der Waals surface area contributed by atoms with Gasteiger partial charge < -0.3 is 14.7 Å². The van der Waals surface area contributed by atoms with Gasteiger partial charge in [-0.05, 0) is 81.0 Å². The first-order valence-corrected chi connectivity index (χ1v) is 11.0. The Labute approximate surface area is 176 Å². The monoisotopic (exact) mass is 402 g/mol. The van der Waals surface area contributed by atoms with Crippen molar-refractivity contribution in [3.63, 3.8) is 0 Å². The van der Waals surface area contributed by atoms with Crippen LogP contribution >= 0.6 is 0 Å². The predicted molar refractivity (Wildman–Crippen MR) is 120 cm³/mol. The molecule has 162 valence electrons. The SMILES string of the molecule is CCCN(CCC)C[C@H](O)CONC1=CCCCCC1=Cc1ccc(OC)cc1. The number of aliphatic hydroxyl groups is 1. The molecule has 0 aromatic heterocycles. The summed E-state index contributed by atoms with van der Waals surface area (Å²) >= 11 is 0. The Morgan fingerprint density at radius 1 is 1.14 bits per heavy atom. The largest absolute Gasteiger partial charge is 0.497 e. The van der Waals surface area contributed by atoms with E-state index in [1.807, 2.05) is 12.1 Å². The van der Waals surface area contributed by atoms with Crippen LogP contribution in [-0.2, 0) is 4.84 Å². The summed E-state index contributed by atoms with van der Waals surface area (Å²) in [5.74, 6) is 0.861. The smallest absolute Gasteiger partial charge is 0.118 e. The lowest BCUT2D eigenvalue weighted by Gasteiger charge is -2.24. The minimum Gasteiger partial charge on any atom is -0.497 e. The van der Waals surface area contributed by atoms with E-state index in [-0.39, 0.29) is 6.61 Å². The molecule has 0 bridgehead atoms. The maximum atomic E-state index is 10.4. The molecule has 1 aliphatic carbocycles. The minimum absolute atomic E-state index is 0.275. The number of hydrogen-bond acceptors (Lipinski definition) is 5. The molecule has 5 nitrogen and oxygen atoms in total. The molecule has 1 atom stereocenters. The molecule has 5 heteroatoms. The molecule has 0 amide bonds. The third-order valence-corrected chi connectivity index (χ3v) is 5.06. The molecule has 0 radical (unpaired) electrons. The van der Waals surface area contributed by atoms with E-state index < -0.39 is 6.10 Å². The van der Waals surface area contributed by atoms with Crippen LogP contribution in [0.2, 0.25) is 0 Å². The lowest BCUT2D eigenvalue weighted by molar-refractivity contribution is -0.0178. The quantitative estimate of drug-likeness (QED) is 0.503. The van der Waals surface area contributed by atoms with Crippen LogP contribution in [0, 0.1) is 0 Å². The molecule has 0 spiro atoms. The van der Waals surface area contributed by atoms with E-state index in [1.54, 1.807) is 7.11 Å². The van der Waals surface area contributed by atoms with Crippen molar-refractivity contribution in [1.29, 1.82) is 0 Å². The maximum absolute atomic E-state index is 10.4. The topological polar surface area (TPSA) is 54.0 Å². The second kappa shape index (κ2) is 13.4. The van der Waals surface area contributed by atoms with Crippen molar-refractivity contribution in [3.05, 3.63) is 47.2 Å². The van der Waals surface area contributed by atoms with Crippen LogP contribution in [0.5, 0.6) is 5.75 Å². The number of aliphatic hydroxyl groups excluding tert-OH is 1. The molecule has 29 heavy (non-hydrogen) atoms. The number of nitrogens with one attached hydrogen (secondary N) is 1. The van der Waals surface area contributed by atoms with Crippen LogP contribution in [0.15, 0.2) is 41.6 Å². The van der Waals surface area contributed by atoms with Crippen molar-refractivity contribution in [1.82, 2.24) is 10.4 Å². The van der Waals surface area contributed by atoms with E-state index in [9.17, 15) is 5.11 Å². The number of benzene rings is 1. The second-order valence-corrected chi connectivity index (χ2v) is 7.67. The van der Waals surface area contributed by atoms with E-state index in [0.717, 1.165) is 62.2 Å². The molecule has 1 aliphatic rings. The zero-order valence-electron chi connectivity index (χ0n) is 18.3. The number of ether oxygens (including phenoxy) is 1. The Kier molecular flexibility index (Phi) is 10.8. The summed E-state index contributed by atoms with van der Waals surface area (Å²) in [4.78, 5) is 8.00. The summed E-state index contributed by atoms with van der Waals surface area (Å²) in [7, 11) is 1.68. The standard InChI is InChI=1S/C24H38N2O3/c1-4-15-26(16-5-2)18-22(27)19-29-25-24-10-8-6-7-9-21(24)17-20-11-13-23(28-3)14-12-20/h10-14,17,22,25,27H,4-9,15-16,18-19H2,1-3H3/t22-/m0/s1. The fraction of sp³-hybridized carbons (Fsp3) is 0.583. The number of methoxy groups -OCH3 is 1. The van der Waals surface area contributed by atoms with E-state index in [0.29, 0.717) is 6.54 Å². The molecule has 0 aliphatic heterocycles. The molecule has 0 saturated carbocycles. The van der Waals surface area contributed by atoms with E-state index in [2.05, 4.69) is 48.5 Å². The molecule has 0 unspecified atom stereocenters. The summed E-state index contributed by atoms with van der Waals surface area (Å²) in [6.45, 7) is 7.29. The lowest BCUT2D eigenvalue weighted by Crippen LogP contribution is -2.37. The van der Waals surface area contributed by atoms with E-state index in [4.69, 9.17) is 9.57 Å². The Bertz CT molecular complexity index is 634. The summed E-state index contributed by atoms with van der Waals surface area (Å²) in [6.07, 6.45) is 10.5. The molecule has 0 fully saturated rings. The minimum atomic E-state index is -0.499. The molecule has 0 saturated heterocycles. The normalized spacial score (nSPS) is 17.1. The van der Waals surface area contributed by atoms with E-state index in [1.165, 1.54) is 12.0 Å². The average molecular weight is 403 g/mol. The number of allylic oxidation sites excluding steroid dienone is 2. The Morgan fingerprint density at radius 2 is 1.86 bits per heavy atom. The highest BCUT2D eigenvalue weighted by Gasteiger charge is 2.13. The summed E-state index contributed by atoms with van der Waals surface area (Å²) in [5.41, 5.74) is 6.51. The number of hydroxylamine groups is 1. The van der Waals surface area contributed by atoms with Gasteiger partial charge in [0.15, 0.2) is 0 Å². The van der Waals surface area contributed by atoms with Crippen molar-refractivity contribution in [3.8, 4) is 5.75 Å². The Morgan fingerprint density at radius 3 is 2.52 bits per heavy atom. The van der Waals surface area contributed by atoms with Crippen LogP contribution < -0.4 is 10.2 Å². The fourth-order valence-corrected chi connectivity index (χ4v) is 3.62. The Balaban J connectivity index is 1.92. The first-order valence-electron chi connectivity index (χ1n) is 11.0. The van der Waals surface area contributed by atoms with Crippen LogP contribution in [0.3, 0.4) is 0 Å². The van der Waals surface area contributed by atoms with Crippen molar-refractivity contribution in [2.75, 3.05) is 33.4 Å². The molecule has 0 heterocycles. The van der Waals surface area contributed by atoms with Gasteiger partial charge in [-0.1, -0.05) is 32.1 Å². The van der Waals surface area contributed by atoms with Gasteiger partial charge in [0.2, 0.25) is 0 Å². The first-order chi connectivity index (χ1) is 14.2. The average Bonchev–Trinajstić information content (AvgIpc) is 2.94. The highest BCUT2D eigenvalue weighted by Crippen LogP contribution is 2.25. The molecular weight excluding hydrogens is 364 g/mol. The molecular formula is C24H38N2O3. The van der Waals surface area contributed by atoms with Crippen molar-refractivity contribution < 1.29 is 14.7 Å². The van der Waals surface area contributed by atoms with Gasteiger partial charge >= 0.3 is 0 Å². The highest BCUT2D eigenvalue weighted by atomic mass is 16.6. The lowest BCUT2D eigenvalue weighted by atomic mass is 10.0. The van der Waals surface area contributed by atoms with Gasteiger partial charge in [0.1, 0.15) is 12.4 Å². The summed E-state index contributed by atoms with van der Waals surface area (Å²) in [5, 5.41) is 10.4. The van der Waals surface area contributed by atoms with Gasteiger partial charge in [-0.2, -0.15) is 0 Å². The number of rotatable bonds is 12. The van der Waals surface area contributed by atoms with Gasteiger partial charge in [0.25, 0.3) is 0 Å². The van der Waals surface area contributed by atoms with Crippen LogP contribution in [0.1, 0.15) is 57.9 Å². The van der Waals surface area contributed by atoms with Gasteiger partial charge in [0.05, 0.1) is 18.9 Å². The van der Waals surface area contributed by atoms with Crippen LogP contribution in [0.25, 0.3) is 6.08 Å². The van der Waals surface area contributed by atoms with Crippen molar-refractivity contribution >= 4 is 6.08 Å². The van der Waals surface area contributed by atoms with Crippen LogP contribution in [0.4, 0.5) is 0 Å². The van der Waals surface area contributed by atoms with Gasteiger partial charge in [0, 0.05) is 6.54 Å². The fourth-order valence-electron chi connectivity index (χ4n) is 3.62. The zero-order valence-corrected chi connectivity index (χ0v) is 18.3. The summed E-state index contributed by atoms with van der Waals surface area (Å²) in [6, 6.07) is 8.08. The maximum Gasteiger partial charge on any atom is 0.118 e. The van der Waals surface area contributed by atoms with Crippen molar-refractivity contribution in [2.24, 2.45) is 0 Å². The molecule has 1 aromatic carbocycles. The predicted octanol–water partition coefficient (Wildman–Crippen LogP) is 4.54. The van der Waals surface area contributed by atoms with Gasteiger partial charge in [-0.15, -0.1) is 0 Å². The molecule has 2 rings (SSSR count). The van der Waals surface area contributed by atoms with Crippen LogP contribution in [-0.4, -0.2) is 49.5 Å². The zero-order chi connectivity index (χ0) is 20.9. The Hall–Kier alpha value is -1.82. The molecule has 1 aromatic rings. The third-order valence-electron chi connectivity index (χ3n) is 5.06. The van der Waals surface area contributed by atoms with Crippen molar-refractivity contribution in [2.45, 2.75) is 58.5 Å². The highest BCUT2D eigenvalue weighted by molar-refractivity contribution is 5.58. The van der Waals surface area contributed by atoms with Gasteiger partial charge in [-0.25, -0.2) is 0 Å². The number of hydrogen-bond donors (Lipinski definition) is 2. The van der Waals surface area contributed by atoms with E-state index >= 15 is 0 Å². The number of nitrogens with zero attached hydrogens (tertiary/aromatic N) is 1. The first kappa shape index (κ1) is 23.5. The summed E-state index contributed by atoms with van der Waals surface area (Å²) < 4.78 is 5.24. The second-order valence-electron chi connectivity index (χ2n) is 7.67. The molecule has 2 N–H and O–H groups in total. The third kappa shape index (κ3) is 8.60.